The fourth-order valence-electron chi connectivity index (χ4n) is 5.02. The zero-order chi connectivity index (χ0) is 15.8. The van der Waals surface area contributed by atoms with Gasteiger partial charge < -0.3 is 0 Å². The van der Waals surface area contributed by atoms with E-state index in [9.17, 15) is 0 Å². The second kappa shape index (κ2) is 5.89. The number of fused-ring (bicyclic) bond motifs is 2. The highest BCUT2D eigenvalue weighted by Crippen LogP contribution is 2.61. The third-order valence-electron chi connectivity index (χ3n) is 6.38. The molecule has 0 spiro atoms. The van der Waals surface area contributed by atoms with Gasteiger partial charge in [-0.25, -0.2) is 0 Å². The molecule has 0 aliphatic heterocycles. The molecular formula is C23H24. The van der Waals surface area contributed by atoms with Gasteiger partial charge >= 0.3 is 0 Å². The minimum Gasteiger partial charge on any atom is -0.0935 e. The van der Waals surface area contributed by atoms with E-state index in [0.717, 1.165) is 29.2 Å². The Balaban J connectivity index is 1.70. The fourth-order valence-corrected chi connectivity index (χ4v) is 5.02. The van der Waals surface area contributed by atoms with Crippen molar-refractivity contribution in [2.45, 2.75) is 26.2 Å². The molecule has 116 valence electrons. The first-order valence-corrected chi connectivity index (χ1v) is 8.87. The molecule has 2 aliphatic carbocycles. The second-order valence-corrected chi connectivity index (χ2v) is 7.38. The third kappa shape index (κ3) is 2.49. The number of hydrogen-bond acceptors (Lipinski definition) is 0. The minimum absolute atomic E-state index is 0.508. The summed E-state index contributed by atoms with van der Waals surface area (Å²) >= 11 is 0. The lowest BCUT2D eigenvalue weighted by Gasteiger charge is -2.36. The molecule has 0 aromatic heterocycles. The Morgan fingerprint density at radius 1 is 0.783 bits per heavy atom. The summed E-state index contributed by atoms with van der Waals surface area (Å²) in [5.41, 5.74) is 2.63. The molecule has 0 radical (unpaired) electrons. The standard InChI is InChI=1S/C23H24/c1-16-17(2)22-15-21(16)20(14-13-18-9-5-3-6-10-18)23(22)19-11-7-4-8-12-19/h3-12,16-17,20-23H,15H2,1-2H3. The van der Waals surface area contributed by atoms with Crippen LogP contribution in [0, 0.1) is 41.4 Å². The Kier molecular flexibility index (Phi) is 3.74. The van der Waals surface area contributed by atoms with Gasteiger partial charge in [0.25, 0.3) is 0 Å². The van der Waals surface area contributed by atoms with Crippen molar-refractivity contribution in [2.75, 3.05) is 0 Å². The molecule has 2 aromatic carbocycles. The van der Waals surface area contributed by atoms with Crippen LogP contribution >= 0.6 is 0 Å². The Morgan fingerprint density at radius 2 is 1.39 bits per heavy atom. The van der Waals surface area contributed by atoms with E-state index in [-0.39, 0.29) is 0 Å². The van der Waals surface area contributed by atoms with Crippen LogP contribution in [0.25, 0.3) is 0 Å². The van der Waals surface area contributed by atoms with Gasteiger partial charge in [0.05, 0.1) is 0 Å². The molecule has 2 aliphatic rings. The summed E-state index contributed by atoms with van der Waals surface area (Å²) in [7, 11) is 0. The monoisotopic (exact) mass is 300 g/mol. The van der Waals surface area contributed by atoms with Crippen molar-refractivity contribution in [2.24, 2.45) is 29.6 Å². The molecule has 0 amide bonds. The summed E-state index contributed by atoms with van der Waals surface area (Å²) in [6.07, 6.45) is 1.36. The minimum atomic E-state index is 0.508. The van der Waals surface area contributed by atoms with Gasteiger partial charge in [-0.2, -0.15) is 0 Å². The maximum atomic E-state index is 3.68. The smallest absolute Gasteiger partial charge is 0.0308 e. The van der Waals surface area contributed by atoms with E-state index in [1.807, 2.05) is 0 Å². The fraction of sp³-hybridized carbons (Fsp3) is 0.391. The largest absolute Gasteiger partial charge is 0.0935 e. The number of hydrogen-bond donors (Lipinski definition) is 0. The zero-order valence-corrected chi connectivity index (χ0v) is 13.9. The molecule has 0 heterocycles. The third-order valence-corrected chi connectivity index (χ3v) is 6.38. The van der Waals surface area contributed by atoms with Gasteiger partial charge in [-0.05, 0) is 47.8 Å². The van der Waals surface area contributed by atoms with E-state index in [2.05, 4.69) is 86.4 Å². The summed E-state index contributed by atoms with van der Waals surface area (Å²) in [5.74, 6) is 11.4. The van der Waals surface area contributed by atoms with E-state index in [0.29, 0.717) is 11.8 Å². The highest BCUT2D eigenvalue weighted by atomic mass is 14.6. The van der Waals surface area contributed by atoms with Crippen molar-refractivity contribution in [3.05, 3.63) is 71.8 Å². The van der Waals surface area contributed by atoms with E-state index >= 15 is 0 Å². The van der Waals surface area contributed by atoms with Crippen LogP contribution in [0.5, 0.6) is 0 Å². The van der Waals surface area contributed by atoms with Crippen LogP contribution in [0.15, 0.2) is 60.7 Å². The van der Waals surface area contributed by atoms with Crippen molar-refractivity contribution in [3.8, 4) is 11.8 Å². The van der Waals surface area contributed by atoms with Gasteiger partial charge in [0.1, 0.15) is 0 Å². The Morgan fingerprint density at radius 3 is 2.09 bits per heavy atom. The summed E-state index contributed by atoms with van der Waals surface area (Å²) < 4.78 is 0. The lowest BCUT2D eigenvalue weighted by Crippen LogP contribution is -2.30. The second-order valence-electron chi connectivity index (χ2n) is 7.38. The molecule has 0 N–H and O–H groups in total. The van der Waals surface area contributed by atoms with Crippen molar-refractivity contribution < 1.29 is 0 Å². The summed E-state index contributed by atoms with van der Waals surface area (Å²) in [6, 6.07) is 21.5. The number of benzene rings is 2. The summed E-state index contributed by atoms with van der Waals surface area (Å²) in [6.45, 7) is 4.89. The van der Waals surface area contributed by atoms with Crippen LogP contribution in [0.2, 0.25) is 0 Å². The predicted octanol–water partition coefficient (Wildman–Crippen LogP) is 5.36. The van der Waals surface area contributed by atoms with Crippen LogP contribution in [-0.2, 0) is 0 Å². The normalized spacial score (nSPS) is 34.9. The number of rotatable bonds is 1. The van der Waals surface area contributed by atoms with Gasteiger partial charge in [0, 0.05) is 17.4 Å². The van der Waals surface area contributed by atoms with Crippen molar-refractivity contribution in [1.29, 1.82) is 0 Å². The highest BCUT2D eigenvalue weighted by Gasteiger charge is 2.54. The predicted molar refractivity (Wildman–Crippen MR) is 95.9 cm³/mol. The van der Waals surface area contributed by atoms with Gasteiger partial charge in [-0.1, -0.05) is 74.2 Å². The molecule has 2 aromatic rings. The zero-order valence-electron chi connectivity index (χ0n) is 13.9. The average molecular weight is 300 g/mol. The lowest BCUT2D eigenvalue weighted by atomic mass is 9.67. The molecule has 6 atom stereocenters. The van der Waals surface area contributed by atoms with Crippen molar-refractivity contribution in [3.63, 3.8) is 0 Å². The first-order chi connectivity index (χ1) is 11.3. The van der Waals surface area contributed by atoms with Gasteiger partial charge in [-0.3, -0.25) is 0 Å². The molecule has 4 rings (SSSR count). The van der Waals surface area contributed by atoms with Crippen LogP contribution in [0.1, 0.15) is 37.3 Å². The molecular weight excluding hydrogens is 276 g/mol. The molecule has 2 saturated carbocycles. The Hall–Kier alpha value is -2.00. The van der Waals surface area contributed by atoms with E-state index in [1.54, 1.807) is 0 Å². The molecule has 0 nitrogen and oxygen atoms in total. The van der Waals surface area contributed by atoms with Crippen LogP contribution in [-0.4, -0.2) is 0 Å². The van der Waals surface area contributed by atoms with Crippen LogP contribution in [0.4, 0.5) is 0 Å². The first-order valence-electron chi connectivity index (χ1n) is 8.87. The van der Waals surface area contributed by atoms with Gasteiger partial charge in [0.2, 0.25) is 0 Å². The van der Waals surface area contributed by atoms with Gasteiger partial charge in [-0.15, -0.1) is 0 Å². The Labute approximate surface area is 139 Å². The maximum absolute atomic E-state index is 3.68. The summed E-state index contributed by atoms with van der Waals surface area (Å²) in [4.78, 5) is 0. The quantitative estimate of drug-likeness (QED) is 0.622. The van der Waals surface area contributed by atoms with E-state index < -0.39 is 0 Å². The van der Waals surface area contributed by atoms with Crippen molar-refractivity contribution >= 4 is 0 Å². The molecule has 2 bridgehead atoms. The molecule has 0 saturated heterocycles. The van der Waals surface area contributed by atoms with Crippen molar-refractivity contribution in [1.82, 2.24) is 0 Å². The lowest BCUT2D eigenvalue weighted by molar-refractivity contribution is 0.194. The SMILES string of the molecule is CC1C(C)C2CC1C(C#Cc1ccccc1)C2c1ccccc1. The topological polar surface area (TPSA) is 0 Å². The van der Waals surface area contributed by atoms with Gasteiger partial charge in [0.15, 0.2) is 0 Å². The maximum Gasteiger partial charge on any atom is 0.0308 e. The molecule has 0 heteroatoms. The first kappa shape index (κ1) is 14.6. The molecule has 6 unspecified atom stereocenters. The van der Waals surface area contributed by atoms with E-state index in [1.165, 1.54) is 12.0 Å². The average Bonchev–Trinajstić information content (AvgIpc) is 3.11. The summed E-state index contributed by atoms with van der Waals surface area (Å²) in [5, 5.41) is 0. The van der Waals surface area contributed by atoms with Crippen LogP contribution < -0.4 is 0 Å². The molecule has 23 heavy (non-hydrogen) atoms. The van der Waals surface area contributed by atoms with E-state index in [4.69, 9.17) is 0 Å². The highest BCUT2D eigenvalue weighted by molar-refractivity contribution is 5.37. The van der Waals surface area contributed by atoms with Crippen LogP contribution in [0.3, 0.4) is 0 Å². The molecule has 2 fully saturated rings. The Bertz CT molecular complexity index is 719.